The van der Waals surface area contributed by atoms with Gasteiger partial charge in [-0.1, -0.05) is 6.07 Å². The van der Waals surface area contributed by atoms with Crippen LogP contribution in [0.4, 0.5) is 10.2 Å². The number of benzene rings is 1. The van der Waals surface area contributed by atoms with Crippen molar-refractivity contribution in [2.24, 2.45) is 23.2 Å². The van der Waals surface area contributed by atoms with E-state index in [9.17, 15) is 9.18 Å². The number of anilines is 1. The molecule has 1 aromatic carbocycles. The van der Waals surface area contributed by atoms with E-state index in [-0.39, 0.29) is 22.9 Å². The molecule has 0 spiro atoms. The first-order valence-corrected chi connectivity index (χ1v) is 12.7. The second-order valence-corrected chi connectivity index (χ2v) is 11.2. The maximum absolute atomic E-state index is 14.1. The van der Waals surface area contributed by atoms with E-state index >= 15 is 0 Å². The maximum Gasteiger partial charge on any atom is 0.226 e. The van der Waals surface area contributed by atoms with Gasteiger partial charge < -0.3 is 10.1 Å². The number of carbonyl (C=O) groups is 1. The minimum atomic E-state index is -0.344. The molecule has 7 heteroatoms. The molecule has 4 bridgehead atoms. The molecular weight excluding hydrogens is 431 g/mol. The van der Waals surface area contributed by atoms with Crippen molar-refractivity contribution in [1.29, 1.82) is 0 Å². The third-order valence-corrected chi connectivity index (χ3v) is 8.67. The number of nitrogens with zero attached hydrogens (tertiary/aromatic N) is 3. The molecule has 4 fully saturated rings. The summed E-state index contributed by atoms with van der Waals surface area (Å²) >= 11 is 0. The van der Waals surface area contributed by atoms with Crippen molar-refractivity contribution in [2.75, 3.05) is 19.0 Å². The predicted molar refractivity (Wildman–Crippen MR) is 127 cm³/mol. The van der Waals surface area contributed by atoms with Gasteiger partial charge in [-0.25, -0.2) is 14.4 Å². The van der Waals surface area contributed by atoms with Gasteiger partial charge in [-0.15, -0.1) is 0 Å². The van der Waals surface area contributed by atoms with Crippen LogP contribution in [-0.2, 0) is 24.3 Å². The van der Waals surface area contributed by atoms with Crippen molar-refractivity contribution in [1.82, 2.24) is 14.9 Å². The fourth-order valence-corrected chi connectivity index (χ4v) is 7.74. The van der Waals surface area contributed by atoms with E-state index in [1.807, 2.05) is 6.07 Å². The first kappa shape index (κ1) is 22.0. The summed E-state index contributed by atoms with van der Waals surface area (Å²) in [7, 11) is 1.47. The summed E-state index contributed by atoms with van der Waals surface area (Å²) in [5, 5.41) is 3.16. The molecule has 1 amide bonds. The molecule has 0 atom stereocenters. The fraction of sp³-hybridized carbons (Fsp3) is 0.593. The molecule has 4 saturated carbocycles. The highest BCUT2D eigenvalue weighted by Crippen LogP contribution is 2.61. The van der Waals surface area contributed by atoms with Crippen LogP contribution in [0.2, 0.25) is 0 Å². The van der Waals surface area contributed by atoms with E-state index < -0.39 is 0 Å². The number of methoxy groups -OCH3 is 1. The Balaban J connectivity index is 1.11. The molecule has 0 radical (unpaired) electrons. The summed E-state index contributed by atoms with van der Waals surface area (Å²) in [6.45, 7) is 2.10. The van der Waals surface area contributed by atoms with Gasteiger partial charge in [-0.05, 0) is 85.8 Å². The monoisotopic (exact) mass is 464 g/mol. The molecule has 1 aromatic heterocycles. The zero-order valence-electron chi connectivity index (χ0n) is 19.9. The molecular formula is C27H33FN4O2. The number of amides is 1. The molecule has 0 saturated heterocycles. The second kappa shape index (κ2) is 8.59. The molecule has 5 aliphatic rings. The van der Waals surface area contributed by atoms with Gasteiger partial charge in [0.2, 0.25) is 5.91 Å². The van der Waals surface area contributed by atoms with E-state index in [0.717, 1.165) is 47.5 Å². The number of carbonyl (C=O) groups excluding carboxylic acids is 1. The SMILES string of the molecule is COc1ccc(CN2CCc3c(ncnc3NC(=O)CC34CC5CC(CC(C5)C3)C4)C2)cc1F. The molecule has 7 rings (SSSR count). The van der Waals surface area contributed by atoms with Crippen LogP contribution in [0.15, 0.2) is 24.5 Å². The van der Waals surface area contributed by atoms with E-state index in [1.54, 1.807) is 12.4 Å². The lowest BCUT2D eigenvalue weighted by atomic mass is 9.49. The smallest absolute Gasteiger partial charge is 0.226 e. The Morgan fingerprint density at radius 1 is 1.18 bits per heavy atom. The van der Waals surface area contributed by atoms with Crippen molar-refractivity contribution < 1.29 is 13.9 Å². The van der Waals surface area contributed by atoms with E-state index in [4.69, 9.17) is 4.74 Å². The number of halogens is 1. The number of hydrogen-bond acceptors (Lipinski definition) is 5. The van der Waals surface area contributed by atoms with Gasteiger partial charge in [0.25, 0.3) is 0 Å². The van der Waals surface area contributed by atoms with E-state index in [2.05, 4.69) is 20.2 Å². The predicted octanol–water partition coefficient (Wildman–Crippen LogP) is 4.73. The lowest BCUT2D eigenvalue weighted by molar-refractivity contribution is -0.124. The van der Waals surface area contributed by atoms with E-state index in [0.29, 0.717) is 25.3 Å². The Kier molecular flexibility index (Phi) is 5.55. The number of nitrogens with one attached hydrogen (secondary N) is 1. The third kappa shape index (κ3) is 4.19. The minimum absolute atomic E-state index is 0.110. The van der Waals surface area contributed by atoms with Crippen LogP contribution in [0.25, 0.3) is 0 Å². The van der Waals surface area contributed by atoms with Crippen LogP contribution < -0.4 is 10.1 Å². The fourth-order valence-electron chi connectivity index (χ4n) is 7.74. The molecule has 1 N–H and O–H groups in total. The average Bonchev–Trinajstić information content (AvgIpc) is 2.78. The van der Waals surface area contributed by atoms with E-state index in [1.165, 1.54) is 51.7 Å². The highest BCUT2D eigenvalue weighted by molar-refractivity contribution is 5.91. The average molecular weight is 465 g/mol. The number of ether oxygens (including phenoxy) is 1. The molecule has 0 unspecified atom stereocenters. The first-order chi connectivity index (χ1) is 16.5. The third-order valence-electron chi connectivity index (χ3n) is 8.67. The Labute approximate surface area is 200 Å². The highest BCUT2D eigenvalue weighted by atomic mass is 19.1. The van der Waals surface area contributed by atoms with Gasteiger partial charge >= 0.3 is 0 Å². The van der Waals surface area contributed by atoms with Crippen LogP contribution in [0.5, 0.6) is 5.75 Å². The standard InChI is InChI=1S/C27H33FN4O2/c1-34-24-3-2-17(9-22(24)28)14-32-5-4-21-23(15-32)29-16-30-26(21)31-25(33)13-27-10-18-6-19(11-27)8-20(7-18)12-27/h2-3,9,16,18-20H,4-8,10-15H2,1H3,(H,29,30,31,33). The van der Waals surface area contributed by atoms with Crippen molar-refractivity contribution in [3.8, 4) is 5.75 Å². The maximum atomic E-state index is 14.1. The lowest BCUT2D eigenvalue weighted by Crippen LogP contribution is -2.47. The highest BCUT2D eigenvalue weighted by Gasteiger charge is 2.51. The summed E-state index contributed by atoms with van der Waals surface area (Å²) in [6.07, 6.45) is 10.8. The van der Waals surface area contributed by atoms with Gasteiger partial charge in [0.05, 0.1) is 12.8 Å². The van der Waals surface area contributed by atoms with Gasteiger partial charge in [0.1, 0.15) is 12.1 Å². The van der Waals surface area contributed by atoms with Gasteiger partial charge in [-0.3, -0.25) is 9.69 Å². The Morgan fingerprint density at radius 3 is 2.59 bits per heavy atom. The molecule has 2 heterocycles. The van der Waals surface area contributed by atoms with Crippen molar-refractivity contribution in [3.05, 3.63) is 47.2 Å². The second-order valence-electron chi connectivity index (χ2n) is 11.2. The Hall–Kier alpha value is -2.54. The summed E-state index contributed by atoms with van der Waals surface area (Å²) in [5.41, 5.74) is 3.11. The summed E-state index contributed by atoms with van der Waals surface area (Å²) in [6, 6.07) is 5.10. The number of fused-ring (bicyclic) bond motifs is 1. The zero-order chi connectivity index (χ0) is 23.3. The molecule has 4 aliphatic carbocycles. The summed E-state index contributed by atoms with van der Waals surface area (Å²) < 4.78 is 19.1. The van der Waals surface area contributed by atoms with Crippen LogP contribution in [0.3, 0.4) is 0 Å². The molecule has 1 aliphatic heterocycles. The number of aromatic nitrogens is 2. The topological polar surface area (TPSA) is 67.3 Å². The van der Waals surface area contributed by atoms with Crippen molar-refractivity contribution in [2.45, 2.75) is 64.5 Å². The van der Waals surface area contributed by atoms with Crippen molar-refractivity contribution >= 4 is 11.7 Å². The van der Waals surface area contributed by atoms with Crippen LogP contribution in [0, 0.1) is 29.0 Å². The molecule has 6 nitrogen and oxygen atoms in total. The number of rotatable bonds is 6. The molecule has 34 heavy (non-hydrogen) atoms. The van der Waals surface area contributed by atoms with Crippen molar-refractivity contribution in [3.63, 3.8) is 0 Å². The molecule has 180 valence electrons. The van der Waals surface area contributed by atoms with Crippen LogP contribution in [0.1, 0.15) is 61.8 Å². The summed E-state index contributed by atoms with van der Waals surface area (Å²) in [5.74, 6) is 3.23. The van der Waals surface area contributed by atoms with Gasteiger partial charge in [-0.2, -0.15) is 0 Å². The van der Waals surface area contributed by atoms with Crippen LogP contribution in [-0.4, -0.2) is 34.4 Å². The first-order valence-electron chi connectivity index (χ1n) is 12.7. The number of hydrogen-bond donors (Lipinski definition) is 1. The Bertz CT molecular complexity index is 1070. The Morgan fingerprint density at radius 2 is 1.91 bits per heavy atom. The quantitative estimate of drug-likeness (QED) is 0.670. The van der Waals surface area contributed by atoms with Gasteiger partial charge in [0, 0.05) is 31.6 Å². The molecule has 2 aromatic rings. The zero-order valence-corrected chi connectivity index (χ0v) is 19.9. The minimum Gasteiger partial charge on any atom is -0.494 e. The van der Waals surface area contributed by atoms with Crippen LogP contribution >= 0.6 is 0 Å². The lowest BCUT2D eigenvalue weighted by Gasteiger charge is -2.56. The normalized spacial score (nSPS) is 29.6. The van der Waals surface area contributed by atoms with Gasteiger partial charge in [0.15, 0.2) is 11.6 Å². The largest absolute Gasteiger partial charge is 0.494 e. The summed E-state index contributed by atoms with van der Waals surface area (Å²) in [4.78, 5) is 24.3.